The summed E-state index contributed by atoms with van der Waals surface area (Å²) in [6, 6.07) is 15.0. The van der Waals surface area contributed by atoms with Crippen LogP contribution in [-0.4, -0.2) is 24.6 Å². The number of nitriles is 1. The van der Waals surface area contributed by atoms with Gasteiger partial charge in [0.2, 0.25) is 16.0 Å². The third-order valence-corrected chi connectivity index (χ3v) is 4.08. The first-order valence-corrected chi connectivity index (χ1v) is 9.87. The summed E-state index contributed by atoms with van der Waals surface area (Å²) in [6.45, 7) is 0. The molecule has 0 unspecified atom stereocenters. The number of para-hydroxylation sites is 2. The Hall–Kier alpha value is -3.71. The number of hydrogen-bond acceptors (Lipinski definition) is 7. The number of halogens is 1. The highest BCUT2D eigenvalue weighted by molar-refractivity contribution is 7.92. The Morgan fingerprint density at radius 1 is 1.04 bits per heavy atom. The molecule has 0 atom stereocenters. The van der Waals surface area contributed by atoms with Gasteiger partial charge in [-0.1, -0.05) is 12.1 Å². The van der Waals surface area contributed by atoms with Crippen molar-refractivity contribution in [2.24, 2.45) is 0 Å². The van der Waals surface area contributed by atoms with Crippen LogP contribution >= 0.6 is 0 Å². The summed E-state index contributed by atoms with van der Waals surface area (Å²) < 4.78 is 39.5. The first kappa shape index (κ1) is 19.1. The van der Waals surface area contributed by atoms with E-state index >= 15 is 0 Å². The fourth-order valence-electron chi connectivity index (χ4n) is 2.28. The van der Waals surface area contributed by atoms with Crippen molar-refractivity contribution in [1.29, 1.82) is 5.26 Å². The molecule has 0 saturated carbocycles. The van der Waals surface area contributed by atoms with Crippen LogP contribution in [0, 0.1) is 17.1 Å². The number of anilines is 5. The molecule has 142 valence electrons. The Morgan fingerprint density at radius 3 is 2.36 bits per heavy atom. The fourth-order valence-corrected chi connectivity index (χ4v) is 2.86. The normalized spacial score (nSPS) is 10.8. The Kier molecular flexibility index (Phi) is 5.37. The van der Waals surface area contributed by atoms with Gasteiger partial charge in [-0.05, 0) is 36.4 Å². The maximum absolute atomic E-state index is 14.2. The van der Waals surface area contributed by atoms with E-state index in [1.807, 2.05) is 6.07 Å². The van der Waals surface area contributed by atoms with Gasteiger partial charge in [-0.2, -0.15) is 10.2 Å². The Morgan fingerprint density at radius 2 is 1.71 bits per heavy atom. The molecular weight excluding hydrogens is 383 g/mol. The summed E-state index contributed by atoms with van der Waals surface area (Å²) in [5.74, 6) is -0.712. The maximum atomic E-state index is 14.2. The molecule has 0 bridgehead atoms. The van der Waals surface area contributed by atoms with Crippen LogP contribution in [0.3, 0.4) is 0 Å². The minimum Gasteiger partial charge on any atom is -0.336 e. The minimum atomic E-state index is -3.51. The number of rotatable bonds is 6. The van der Waals surface area contributed by atoms with Gasteiger partial charge in [0.25, 0.3) is 0 Å². The van der Waals surface area contributed by atoms with Crippen molar-refractivity contribution >= 4 is 38.9 Å². The van der Waals surface area contributed by atoms with Crippen molar-refractivity contribution in [2.45, 2.75) is 0 Å². The van der Waals surface area contributed by atoms with E-state index in [9.17, 15) is 12.8 Å². The lowest BCUT2D eigenvalue weighted by molar-refractivity contribution is 0.607. The predicted molar refractivity (Wildman–Crippen MR) is 105 cm³/mol. The molecule has 0 spiro atoms. The second-order valence-corrected chi connectivity index (χ2v) is 7.50. The average Bonchev–Trinajstić information content (AvgIpc) is 2.65. The molecule has 0 fully saturated rings. The molecule has 0 aliphatic heterocycles. The van der Waals surface area contributed by atoms with E-state index in [0.717, 1.165) is 12.5 Å². The molecule has 2 aromatic carbocycles. The molecular formula is C18H15FN6O2S. The van der Waals surface area contributed by atoms with Crippen LogP contribution in [0.15, 0.2) is 54.7 Å². The highest BCUT2D eigenvalue weighted by Gasteiger charge is 2.12. The number of hydrogen-bond donors (Lipinski definition) is 3. The highest BCUT2D eigenvalue weighted by atomic mass is 32.2. The van der Waals surface area contributed by atoms with Crippen molar-refractivity contribution in [3.05, 3.63) is 66.1 Å². The second kappa shape index (κ2) is 7.89. The predicted octanol–water partition coefficient (Wildman–Crippen LogP) is 3.35. The number of nitrogens with one attached hydrogen (secondary N) is 3. The van der Waals surface area contributed by atoms with Gasteiger partial charge in [0.15, 0.2) is 11.6 Å². The molecule has 10 heteroatoms. The van der Waals surface area contributed by atoms with Gasteiger partial charge in [0.05, 0.1) is 35.5 Å². The summed E-state index contributed by atoms with van der Waals surface area (Å²) >= 11 is 0. The Labute approximate surface area is 161 Å². The summed E-state index contributed by atoms with van der Waals surface area (Å²) in [4.78, 5) is 7.98. The molecule has 28 heavy (non-hydrogen) atoms. The van der Waals surface area contributed by atoms with Crippen LogP contribution in [0.1, 0.15) is 5.56 Å². The molecule has 3 rings (SSSR count). The lowest BCUT2D eigenvalue weighted by Gasteiger charge is -2.13. The van der Waals surface area contributed by atoms with Crippen LogP contribution in [0.4, 0.5) is 33.2 Å². The van der Waals surface area contributed by atoms with E-state index in [0.29, 0.717) is 16.9 Å². The molecule has 1 heterocycles. The smallest absolute Gasteiger partial charge is 0.229 e. The van der Waals surface area contributed by atoms with Gasteiger partial charge in [0, 0.05) is 5.69 Å². The van der Waals surface area contributed by atoms with Crippen LogP contribution in [-0.2, 0) is 10.0 Å². The topological polar surface area (TPSA) is 120 Å². The first-order valence-electron chi connectivity index (χ1n) is 7.97. The second-order valence-electron chi connectivity index (χ2n) is 5.75. The number of benzene rings is 2. The summed E-state index contributed by atoms with van der Waals surface area (Å²) in [7, 11) is -3.51. The van der Waals surface area contributed by atoms with Gasteiger partial charge < -0.3 is 10.6 Å². The fraction of sp³-hybridized carbons (Fsp3) is 0.0556. The standard InChI is InChI=1S/C18H15FN6O2S/c1-28(26,27)25-16-5-3-2-4-15(16)23-17-14(19)11-21-18(24-17)22-13-8-6-12(10-20)7-9-13/h2-9,11,25H,1H3,(H2,21,22,23,24). The maximum Gasteiger partial charge on any atom is 0.229 e. The molecule has 0 radical (unpaired) electrons. The molecule has 1 aromatic heterocycles. The SMILES string of the molecule is CS(=O)(=O)Nc1ccccc1Nc1nc(Nc2ccc(C#N)cc2)ncc1F. The molecule has 3 N–H and O–H groups in total. The zero-order valence-electron chi connectivity index (χ0n) is 14.6. The quantitative estimate of drug-likeness (QED) is 0.582. The molecule has 0 aliphatic carbocycles. The van der Waals surface area contributed by atoms with Crippen LogP contribution in [0.5, 0.6) is 0 Å². The van der Waals surface area contributed by atoms with Gasteiger partial charge in [-0.3, -0.25) is 4.72 Å². The lowest BCUT2D eigenvalue weighted by Crippen LogP contribution is -2.11. The summed E-state index contributed by atoms with van der Waals surface area (Å²) in [5, 5.41) is 14.5. The first-order chi connectivity index (χ1) is 13.3. The third kappa shape index (κ3) is 4.93. The van der Waals surface area contributed by atoms with E-state index in [2.05, 4.69) is 25.3 Å². The third-order valence-electron chi connectivity index (χ3n) is 3.49. The van der Waals surface area contributed by atoms with Crippen LogP contribution in [0.25, 0.3) is 0 Å². The van der Waals surface area contributed by atoms with E-state index in [-0.39, 0.29) is 17.5 Å². The molecule has 3 aromatic rings. The molecule has 0 amide bonds. The van der Waals surface area contributed by atoms with Crippen molar-refractivity contribution in [1.82, 2.24) is 9.97 Å². The van der Waals surface area contributed by atoms with Gasteiger partial charge in [-0.15, -0.1) is 0 Å². The summed E-state index contributed by atoms with van der Waals surface area (Å²) in [6.07, 6.45) is 2.02. The largest absolute Gasteiger partial charge is 0.336 e. The number of aromatic nitrogens is 2. The van der Waals surface area contributed by atoms with Crippen LogP contribution < -0.4 is 15.4 Å². The zero-order valence-corrected chi connectivity index (χ0v) is 15.5. The number of sulfonamides is 1. The lowest BCUT2D eigenvalue weighted by atomic mass is 10.2. The highest BCUT2D eigenvalue weighted by Crippen LogP contribution is 2.27. The van der Waals surface area contributed by atoms with Crippen molar-refractivity contribution in [3.8, 4) is 6.07 Å². The van der Waals surface area contributed by atoms with E-state index < -0.39 is 15.8 Å². The van der Waals surface area contributed by atoms with E-state index in [1.165, 1.54) is 0 Å². The minimum absolute atomic E-state index is 0.127. The number of nitrogens with zero attached hydrogens (tertiary/aromatic N) is 3. The van der Waals surface area contributed by atoms with Crippen molar-refractivity contribution in [2.75, 3.05) is 21.6 Å². The average molecular weight is 398 g/mol. The Bertz CT molecular complexity index is 1140. The molecule has 8 nitrogen and oxygen atoms in total. The van der Waals surface area contributed by atoms with Gasteiger partial charge >= 0.3 is 0 Å². The molecule has 0 aliphatic rings. The monoisotopic (exact) mass is 398 g/mol. The van der Waals surface area contributed by atoms with Crippen molar-refractivity contribution < 1.29 is 12.8 Å². The van der Waals surface area contributed by atoms with Gasteiger partial charge in [0.1, 0.15) is 0 Å². The van der Waals surface area contributed by atoms with Gasteiger partial charge in [-0.25, -0.2) is 17.8 Å². The van der Waals surface area contributed by atoms with Crippen LogP contribution in [0.2, 0.25) is 0 Å². The zero-order chi connectivity index (χ0) is 20.1. The Balaban J connectivity index is 1.85. The summed E-state index contributed by atoms with van der Waals surface area (Å²) in [5.41, 5.74) is 1.71. The molecule has 0 saturated heterocycles. The van der Waals surface area contributed by atoms with Crippen molar-refractivity contribution in [3.63, 3.8) is 0 Å². The van der Waals surface area contributed by atoms with E-state index in [4.69, 9.17) is 5.26 Å². The van der Waals surface area contributed by atoms with E-state index in [1.54, 1.807) is 48.5 Å².